The lowest BCUT2D eigenvalue weighted by Crippen LogP contribution is -2.14. The summed E-state index contributed by atoms with van der Waals surface area (Å²) in [5.74, 6) is 2.21. The van der Waals surface area contributed by atoms with Crippen LogP contribution in [-0.4, -0.2) is 6.61 Å². The molecule has 0 aliphatic heterocycles. The molecule has 0 heterocycles. The third-order valence-electron chi connectivity index (χ3n) is 2.87. The van der Waals surface area contributed by atoms with Gasteiger partial charge in [-0.1, -0.05) is 39.7 Å². The van der Waals surface area contributed by atoms with Gasteiger partial charge in [-0.2, -0.15) is 0 Å². The van der Waals surface area contributed by atoms with Crippen LogP contribution in [0.4, 0.5) is 0 Å². The Morgan fingerprint density at radius 2 is 1.92 bits per heavy atom. The average molecular weight is 182 g/mol. The maximum atomic E-state index is 5.65. The summed E-state index contributed by atoms with van der Waals surface area (Å²) in [5, 5.41) is 0. The monoisotopic (exact) mass is 182 g/mol. The van der Waals surface area contributed by atoms with Crippen molar-refractivity contribution in [2.24, 2.45) is 11.8 Å². The zero-order valence-electron chi connectivity index (χ0n) is 9.01. The lowest BCUT2D eigenvalue weighted by atomic mass is 9.90. The first-order valence-electron chi connectivity index (χ1n) is 5.51. The number of ether oxygens (including phenoxy) is 1. The zero-order chi connectivity index (χ0) is 9.68. The van der Waals surface area contributed by atoms with Crippen LogP contribution in [0, 0.1) is 11.8 Å². The Hall–Kier alpha value is -0.460. The minimum atomic E-state index is 0.462. The van der Waals surface area contributed by atoms with Crippen molar-refractivity contribution in [3.63, 3.8) is 0 Å². The first kappa shape index (κ1) is 10.6. The number of rotatable bonds is 4. The van der Waals surface area contributed by atoms with Crippen molar-refractivity contribution in [2.45, 2.75) is 46.0 Å². The van der Waals surface area contributed by atoms with E-state index in [0.717, 1.165) is 18.3 Å². The summed E-state index contributed by atoms with van der Waals surface area (Å²) in [4.78, 5) is 0. The van der Waals surface area contributed by atoms with Crippen LogP contribution in [0.25, 0.3) is 0 Å². The first-order chi connectivity index (χ1) is 6.20. The van der Waals surface area contributed by atoms with Crippen molar-refractivity contribution in [2.75, 3.05) is 6.61 Å². The minimum Gasteiger partial charge on any atom is -0.498 e. The second kappa shape index (κ2) is 5.31. The van der Waals surface area contributed by atoms with Gasteiger partial charge in [-0.05, 0) is 18.8 Å². The number of allylic oxidation sites excluding steroid dienone is 1. The molecule has 1 heteroatoms. The largest absolute Gasteiger partial charge is 0.498 e. The van der Waals surface area contributed by atoms with E-state index in [9.17, 15) is 0 Å². The number of hydrogen-bond donors (Lipinski definition) is 0. The van der Waals surface area contributed by atoms with Crippen LogP contribution in [-0.2, 0) is 4.74 Å². The van der Waals surface area contributed by atoms with Gasteiger partial charge in [0, 0.05) is 5.92 Å². The summed E-state index contributed by atoms with van der Waals surface area (Å²) >= 11 is 0. The summed E-state index contributed by atoms with van der Waals surface area (Å²) in [7, 11) is 0. The molecule has 0 N–H and O–H groups in total. The molecule has 76 valence electrons. The van der Waals surface area contributed by atoms with Crippen molar-refractivity contribution in [3.05, 3.63) is 12.3 Å². The fraction of sp³-hybridized carbons (Fsp3) is 0.833. The van der Waals surface area contributed by atoms with Crippen molar-refractivity contribution in [1.82, 2.24) is 0 Å². The van der Waals surface area contributed by atoms with Crippen molar-refractivity contribution in [1.29, 1.82) is 0 Å². The van der Waals surface area contributed by atoms with E-state index < -0.39 is 0 Å². The van der Waals surface area contributed by atoms with E-state index in [-0.39, 0.29) is 0 Å². The quantitative estimate of drug-likeness (QED) is 0.602. The Bertz CT molecular complexity index is 155. The van der Waals surface area contributed by atoms with Crippen LogP contribution in [0.1, 0.15) is 46.0 Å². The van der Waals surface area contributed by atoms with Gasteiger partial charge in [0.15, 0.2) is 0 Å². The summed E-state index contributed by atoms with van der Waals surface area (Å²) in [5.41, 5.74) is 0. The fourth-order valence-electron chi connectivity index (χ4n) is 1.75. The lowest BCUT2D eigenvalue weighted by molar-refractivity contribution is 0.126. The molecule has 1 rings (SSSR count). The van der Waals surface area contributed by atoms with E-state index in [1.54, 1.807) is 0 Å². The molecule has 0 bridgehead atoms. The van der Waals surface area contributed by atoms with Gasteiger partial charge in [0.25, 0.3) is 0 Å². The second-order valence-corrected chi connectivity index (χ2v) is 4.44. The van der Waals surface area contributed by atoms with Crippen LogP contribution in [0.2, 0.25) is 0 Å². The molecule has 0 unspecified atom stereocenters. The molecule has 0 atom stereocenters. The molecule has 0 spiro atoms. The Labute approximate surface area is 82.2 Å². The van der Waals surface area contributed by atoms with Gasteiger partial charge in [0.05, 0.1) is 12.4 Å². The highest BCUT2D eigenvalue weighted by atomic mass is 16.5. The Morgan fingerprint density at radius 1 is 1.31 bits per heavy atom. The molecule has 1 aliphatic rings. The van der Waals surface area contributed by atoms with Crippen LogP contribution < -0.4 is 0 Å². The van der Waals surface area contributed by atoms with Crippen molar-refractivity contribution >= 4 is 0 Å². The molecule has 0 amide bonds. The molecule has 1 fully saturated rings. The average Bonchev–Trinajstić information content (AvgIpc) is 2.15. The SMILES string of the molecule is C=C(OCC1CCCCC1)C(C)C. The molecular weight excluding hydrogens is 160 g/mol. The molecular formula is C12H22O. The molecule has 1 nitrogen and oxygen atoms in total. The van der Waals surface area contributed by atoms with Crippen molar-refractivity contribution < 1.29 is 4.74 Å². The Kier molecular flexibility index (Phi) is 4.34. The topological polar surface area (TPSA) is 9.23 Å². The van der Waals surface area contributed by atoms with Gasteiger partial charge in [-0.25, -0.2) is 0 Å². The van der Waals surface area contributed by atoms with Crippen LogP contribution in [0.3, 0.4) is 0 Å². The van der Waals surface area contributed by atoms with E-state index in [4.69, 9.17) is 4.74 Å². The standard InChI is InChI=1S/C12H22O/c1-10(2)11(3)13-9-12-7-5-4-6-8-12/h10,12H,3-9H2,1-2H3. The highest BCUT2D eigenvalue weighted by Crippen LogP contribution is 2.24. The van der Waals surface area contributed by atoms with Gasteiger partial charge in [-0.15, -0.1) is 0 Å². The normalized spacial score (nSPS) is 19.0. The third-order valence-corrected chi connectivity index (χ3v) is 2.87. The van der Waals surface area contributed by atoms with Crippen LogP contribution >= 0.6 is 0 Å². The molecule has 0 saturated heterocycles. The number of hydrogen-bond acceptors (Lipinski definition) is 1. The molecule has 1 aliphatic carbocycles. The highest BCUT2D eigenvalue weighted by molar-refractivity contribution is 4.86. The lowest BCUT2D eigenvalue weighted by Gasteiger charge is -2.23. The van der Waals surface area contributed by atoms with Crippen LogP contribution in [0.15, 0.2) is 12.3 Å². The van der Waals surface area contributed by atoms with E-state index in [2.05, 4.69) is 20.4 Å². The molecule has 0 aromatic rings. The summed E-state index contributed by atoms with van der Waals surface area (Å²) in [6.45, 7) is 9.07. The van der Waals surface area contributed by atoms with Gasteiger partial charge >= 0.3 is 0 Å². The molecule has 0 aromatic carbocycles. The zero-order valence-corrected chi connectivity index (χ0v) is 9.01. The van der Waals surface area contributed by atoms with Gasteiger partial charge < -0.3 is 4.74 Å². The molecule has 0 aromatic heterocycles. The van der Waals surface area contributed by atoms with Gasteiger partial charge in [0.1, 0.15) is 0 Å². The Balaban J connectivity index is 2.13. The summed E-state index contributed by atoms with van der Waals surface area (Å²) in [6.07, 6.45) is 6.91. The van der Waals surface area contributed by atoms with Gasteiger partial charge in [-0.3, -0.25) is 0 Å². The summed E-state index contributed by atoms with van der Waals surface area (Å²) in [6, 6.07) is 0. The molecule has 1 saturated carbocycles. The van der Waals surface area contributed by atoms with Crippen LogP contribution in [0.5, 0.6) is 0 Å². The maximum absolute atomic E-state index is 5.65. The Morgan fingerprint density at radius 3 is 2.46 bits per heavy atom. The van der Waals surface area contributed by atoms with E-state index in [0.29, 0.717) is 5.92 Å². The van der Waals surface area contributed by atoms with Crippen molar-refractivity contribution in [3.8, 4) is 0 Å². The predicted molar refractivity (Wildman–Crippen MR) is 56.5 cm³/mol. The highest BCUT2D eigenvalue weighted by Gasteiger charge is 2.14. The van der Waals surface area contributed by atoms with E-state index >= 15 is 0 Å². The maximum Gasteiger partial charge on any atom is 0.0913 e. The van der Waals surface area contributed by atoms with E-state index in [1.807, 2.05) is 0 Å². The smallest absolute Gasteiger partial charge is 0.0913 e. The third kappa shape index (κ3) is 3.84. The molecule has 0 radical (unpaired) electrons. The second-order valence-electron chi connectivity index (χ2n) is 4.44. The first-order valence-corrected chi connectivity index (χ1v) is 5.51. The predicted octanol–water partition coefficient (Wildman–Crippen LogP) is 3.75. The minimum absolute atomic E-state index is 0.462. The molecule has 13 heavy (non-hydrogen) atoms. The fourth-order valence-corrected chi connectivity index (χ4v) is 1.75. The van der Waals surface area contributed by atoms with E-state index in [1.165, 1.54) is 32.1 Å². The van der Waals surface area contributed by atoms with Gasteiger partial charge in [0.2, 0.25) is 0 Å². The summed E-state index contributed by atoms with van der Waals surface area (Å²) < 4.78 is 5.65.